The number of ether oxygens (including phenoxy) is 2. The molecule has 6 nitrogen and oxygen atoms in total. The number of nitrogens with two attached hydrogens (primary N) is 1. The summed E-state index contributed by atoms with van der Waals surface area (Å²) in [6.07, 6.45) is 6.63. The molecular weight excluding hydrogens is 364 g/mol. The van der Waals surface area contributed by atoms with Crippen molar-refractivity contribution in [3.05, 3.63) is 72.5 Å². The van der Waals surface area contributed by atoms with Gasteiger partial charge in [-0.25, -0.2) is 0 Å². The largest absolute Gasteiger partial charge is 0.493 e. The number of rotatable bonds is 6. The second-order valence-corrected chi connectivity index (χ2v) is 8.39. The van der Waals surface area contributed by atoms with Gasteiger partial charge >= 0.3 is 10.0 Å². The summed E-state index contributed by atoms with van der Waals surface area (Å²) in [6.45, 7) is 0.593. The van der Waals surface area contributed by atoms with Crippen molar-refractivity contribution >= 4 is 15.7 Å². The first-order chi connectivity index (χ1) is 12.9. The van der Waals surface area contributed by atoms with Crippen LogP contribution in [-0.2, 0) is 10.0 Å². The second-order valence-electron chi connectivity index (χ2n) is 6.27. The van der Waals surface area contributed by atoms with Gasteiger partial charge in [0.2, 0.25) is 0 Å². The van der Waals surface area contributed by atoms with Crippen molar-refractivity contribution in [1.29, 1.82) is 0 Å². The molecule has 142 valence electrons. The molecule has 1 aliphatic rings. The summed E-state index contributed by atoms with van der Waals surface area (Å²) in [5, 5.41) is 0. The quantitative estimate of drug-likeness (QED) is 0.770. The average Bonchev–Trinajstić information content (AvgIpc) is 2.68. The van der Waals surface area contributed by atoms with E-state index in [9.17, 15) is 8.42 Å². The average molecular weight is 387 g/mol. The normalized spacial score (nSPS) is 19.4. The van der Waals surface area contributed by atoms with E-state index in [0.29, 0.717) is 29.5 Å². The summed E-state index contributed by atoms with van der Waals surface area (Å²) in [7, 11) is -1.89. The maximum absolute atomic E-state index is 12.6. The molecule has 0 amide bonds. The van der Waals surface area contributed by atoms with Crippen molar-refractivity contribution in [3.8, 4) is 17.2 Å². The van der Waals surface area contributed by atoms with Gasteiger partial charge in [-0.3, -0.25) is 0 Å². The first-order valence-corrected chi connectivity index (χ1v) is 10.3. The number of hydrogen-bond donors (Lipinski definition) is 1. The lowest BCUT2D eigenvalue weighted by molar-refractivity contribution is 0.379. The van der Waals surface area contributed by atoms with Gasteiger partial charge in [-0.2, -0.15) is 12.3 Å². The molecule has 3 rings (SSSR count). The number of methoxy groups -OCH3 is 1. The first kappa shape index (κ1) is 19.2. The SMILES string of the molecule is COc1ccccc1Oc1ccc([N+]2(S(C)(=O)=O)C=C(CN)C=CC2)cc1. The Bertz CT molecular complexity index is 981. The van der Waals surface area contributed by atoms with Crippen molar-refractivity contribution in [1.82, 2.24) is 3.89 Å². The van der Waals surface area contributed by atoms with Crippen LogP contribution in [0.1, 0.15) is 0 Å². The summed E-state index contributed by atoms with van der Waals surface area (Å²) >= 11 is 0. The number of sulfonamides is 1. The Morgan fingerprint density at radius 1 is 1.07 bits per heavy atom. The number of nitrogens with zero attached hydrogens (tertiary/aromatic N) is 1. The van der Waals surface area contributed by atoms with Gasteiger partial charge in [0.05, 0.1) is 13.4 Å². The van der Waals surface area contributed by atoms with Gasteiger partial charge in [-0.1, -0.05) is 18.2 Å². The van der Waals surface area contributed by atoms with Crippen molar-refractivity contribution in [3.63, 3.8) is 0 Å². The molecule has 1 unspecified atom stereocenters. The number of hydrogen-bond acceptors (Lipinski definition) is 5. The minimum atomic E-state index is -3.47. The first-order valence-electron chi connectivity index (χ1n) is 8.47. The zero-order valence-corrected chi connectivity index (χ0v) is 16.1. The molecule has 7 heteroatoms. The van der Waals surface area contributed by atoms with Crippen LogP contribution >= 0.6 is 0 Å². The summed E-state index contributed by atoms with van der Waals surface area (Å²) in [5.41, 5.74) is 7.13. The number of quaternary nitrogens is 1. The van der Waals surface area contributed by atoms with E-state index >= 15 is 0 Å². The monoisotopic (exact) mass is 387 g/mol. The Hall–Kier alpha value is -2.61. The molecule has 0 radical (unpaired) electrons. The Labute approximate surface area is 159 Å². The maximum atomic E-state index is 12.6. The van der Waals surface area contributed by atoms with Crippen LogP contribution in [-0.4, -0.2) is 34.9 Å². The Kier molecular flexibility index (Phi) is 5.36. The Balaban J connectivity index is 1.96. The number of para-hydroxylation sites is 2. The smallest absolute Gasteiger partial charge is 0.303 e. The highest BCUT2D eigenvalue weighted by Crippen LogP contribution is 2.35. The molecule has 0 saturated heterocycles. The van der Waals surface area contributed by atoms with Gasteiger partial charge in [-0.15, -0.1) is 0 Å². The molecule has 1 atom stereocenters. The Morgan fingerprint density at radius 2 is 1.74 bits per heavy atom. The minimum Gasteiger partial charge on any atom is -0.493 e. The van der Waals surface area contributed by atoms with Crippen molar-refractivity contribution in [2.45, 2.75) is 0 Å². The third-order valence-electron chi connectivity index (χ3n) is 4.48. The van der Waals surface area contributed by atoms with Gasteiger partial charge < -0.3 is 15.2 Å². The molecule has 0 aromatic heterocycles. The van der Waals surface area contributed by atoms with Crippen molar-refractivity contribution in [2.75, 3.05) is 26.5 Å². The van der Waals surface area contributed by atoms with Gasteiger partial charge in [0, 0.05) is 24.3 Å². The van der Waals surface area contributed by atoms with E-state index in [4.69, 9.17) is 15.2 Å². The van der Waals surface area contributed by atoms with Crippen LogP contribution in [0.5, 0.6) is 17.2 Å². The molecule has 0 fully saturated rings. The standard InChI is InChI=1S/C20H23N2O4S/c1-25-19-7-3-4-8-20(19)26-18-11-9-17(10-12-18)22(27(2,23)24)13-5-6-16(14-21)15-22/h3-12,15H,13-14,21H2,1-2H3/q+1. The van der Waals surface area contributed by atoms with Gasteiger partial charge in [0.15, 0.2) is 17.2 Å². The van der Waals surface area contributed by atoms with E-state index < -0.39 is 10.0 Å². The molecule has 1 heterocycles. The fourth-order valence-electron chi connectivity index (χ4n) is 3.04. The predicted octanol–water partition coefficient (Wildman–Crippen LogP) is 3.17. The zero-order valence-electron chi connectivity index (χ0n) is 15.3. The molecule has 2 N–H and O–H groups in total. The second kappa shape index (κ2) is 7.56. The third-order valence-corrected chi connectivity index (χ3v) is 6.13. The molecule has 2 aromatic carbocycles. The van der Waals surface area contributed by atoms with Gasteiger partial charge in [0.25, 0.3) is 0 Å². The summed E-state index contributed by atoms with van der Waals surface area (Å²) in [4.78, 5) is 0. The molecule has 0 saturated carbocycles. The molecule has 2 aromatic rings. The van der Waals surface area contributed by atoms with Crippen LogP contribution in [0.15, 0.2) is 72.5 Å². The summed E-state index contributed by atoms with van der Waals surface area (Å²) < 4.78 is 36.1. The fourth-order valence-corrected chi connectivity index (χ4v) is 4.23. The fraction of sp³-hybridized carbons (Fsp3) is 0.200. The van der Waals surface area contributed by atoms with Crippen LogP contribution in [0.2, 0.25) is 0 Å². The van der Waals surface area contributed by atoms with Crippen LogP contribution < -0.4 is 19.1 Å². The molecular formula is C20H23N2O4S+. The third kappa shape index (κ3) is 3.75. The van der Waals surface area contributed by atoms with E-state index in [2.05, 4.69) is 0 Å². The van der Waals surface area contributed by atoms with Crippen molar-refractivity contribution in [2.24, 2.45) is 5.73 Å². The van der Waals surface area contributed by atoms with E-state index in [0.717, 1.165) is 5.57 Å². The van der Waals surface area contributed by atoms with E-state index in [1.807, 2.05) is 36.4 Å². The summed E-state index contributed by atoms with van der Waals surface area (Å²) in [5.74, 6) is 1.80. The highest BCUT2D eigenvalue weighted by molar-refractivity contribution is 7.90. The van der Waals surface area contributed by atoms with Crippen molar-refractivity contribution < 1.29 is 17.9 Å². The molecule has 27 heavy (non-hydrogen) atoms. The molecule has 0 spiro atoms. The lowest BCUT2D eigenvalue weighted by Gasteiger charge is -2.33. The van der Waals surface area contributed by atoms with Crippen LogP contribution in [0.25, 0.3) is 0 Å². The minimum absolute atomic E-state index is 0.279. The highest BCUT2D eigenvalue weighted by Gasteiger charge is 2.40. The zero-order chi connectivity index (χ0) is 19.5. The Morgan fingerprint density at radius 3 is 2.33 bits per heavy atom. The number of benzene rings is 2. The van der Waals surface area contributed by atoms with E-state index in [1.165, 1.54) is 6.26 Å². The molecule has 0 bridgehead atoms. The topological polar surface area (TPSA) is 78.6 Å². The van der Waals surface area contributed by atoms with Gasteiger partial charge in [0.1, 0.15) is 18.5 Å². The van der Waals surface area contributed by atoms with Gasteiger partial charge in [-0.05, 0) is 30.3 Å². The highest BCUT2D eigenvalue weighted by atomic mass is 32.2. The van der Waals surface area contributed by atoms with E-state index in [1.54, 1.807) is 37.6 Å². The van der Waals surface area contributed by atoms with Crippen LogP contribution in [0.3, 0.4) is 0 Å². The maximum Gasteiger partial charge on any atom is 0.303 e. The lowest BCUT2D eigenvalue weighted by Crippen LogP contribution is -2.50. The molecule has 0 aliphatic carbocycles. The lowest BCUT2D eigenvalue weighted by atomic mass is 10.2. The van der Waals surface area contributed by atoms with Crippen LogP contribution in [0.4, 0.5) is 5.69 Å². The molecule has 1 aliphatic heterocycles. The van der Waals surface area contributed by atoms with Crippen LogP contribution in [0, 0.1) is 0 Å². The summed E-state index contributed by atoms with van der Waals surface area (Å²) in [6, 6.07) is 14.4. The van der Waals surface area contributed by atoms with E-state index in [-0.39, 0.29) is 10.4 Å². The predicted molar refractivity (Wildman–Crippen MR) is 107 cm³/mol.